The summed E-state index contributed by atoms with van der Waals surface area (Å²) >= 11 is 0. The van der Waals surface area contributed by atoms with Crippen LogP contribution in [0, 0.1) is 23.7 Å². The highest BCUT2D eigenvalue weighted by atomic mass is 16.5. The summed E-state index contributed by atoms with van der Waals surface area (Å²) in [6.45, 7) is 0. The van der Waals surface area contributed by atoms with E-state index >= 15 is 0 Å². The van der Waals surface area contributed by atoms with E-state index in [-0.39, 0.29) is 41.2 Å². The van der Waals surface area contributed by atoms with Crippen LogP contribution in [0.4, 0.5) is 5.69 Å². The van der Waals surface area contributed by atoms with Gasteiger partial charge in [-0.15, -0.1) is 0 Å². The van der Waals surface area contributed by atoms with Crippen molar-refractivity contribution in [2.24, 2.45) is 23.7 Å². The molecular weight excluding hydrogens is 342 g/mol. The Morgan fingerprint density at radius 2 is 1.44 bits per heavy atom. The zero-order chi connectivity index (χ0) is 18.5. The predicted molar refractivity (Wildman–Crippen MR) is 98.1 cm³/mol. The summed E-state index contributed by atoms with van der Waals surface area (Å²) in [6.07, 6.45) is 5.00. The van der Waals surface area contributed by atoms with Gasteiger partial charge in [-0.25, -0.2) is 9.69 Å². The van der Waals surface area contributed by atoms with Crippen molar-refractivity contribution < 1.29 is 19.1 Å². The number of amides is 2. The number of ether oxygens (including phenoxy) is 1. The molecule has 0 aromatic heterocycles. The number of carbonyl (C=O) groups excluding carboxylic acids is 3. The summed E-state index contributed by atoms with van der Waals surface area (Å²) in [5, 5.41) is 0. The predicted octanol–water partition coefficient (Wildman–Crippen LogP) is 3.22. The maximum Gasteiger partial charge on any atom is 0.343 e. The van der Waals surface area contributed by atoms with Crippen LogP contribution in [-0.2, 0) is 9.59 Å². The normalized spacial score (nSPS) is 27.9. The summed E-state index contributed by atoms with van der Waals surface area (Å²) in [5.74, 6) is -0.982. The lowest BCUT2D eigenvalue weighted by atomic mass is 9.85. The van der Waals surface area contributed by atoms with E-state index in [2.05, 4.69) is 12.2 Å². The number of carbonyl (C=O) groups is 3. The number of fused-ring (bicyclic) bond motifs is 5. The van der Waals surface area contributed by atoms with E-state index in [9.17, 15) is 14.4 Å². The highest BCUT2D eigenvalue weighted by Gasteiger charge is 2.59. The molecule has 4 atom stereocenters. The Balaban J connectivity index is 1.48. The SMILES string of the molecule is O=C(Oc1ccccc1N1C(=O)[C@@H]2[C@@H](C1=O)[C@H]1C=C[C@@H]2C1)c1ccccc1. The molecule has 5 nitrogen and oxygen atoms in total. The van der Waals surface area contributed by atoms with Crippen LogP contribution in [0.3, 0.4) is 0 Å². The van der Waals surface area contributed by atoms with Gasteiger partial charge in [0, 0.05) is 0 Å². The van der Waals surface area contributed by atoms with E-state index in [1.807, 2.05) is 6.07 Å². The van der Waals surface area contributed by atoms with Gasteiger partial charge in [0.2, 0.25) is 11.8 Å². The van der Waals surface area contributed by atoms with Crippen molar-refractivity contribution in [3.63, 3.8) is 0 Å². The Morgan fingerprint density at radius 1 is 0.852 bits per heavy atom. The number of hydrogen-bond acceptors (Lipinski definition) is 4. The second-order valence-electron chi connectivity index (χ2n) is 7.24. The minimum atomic E-state index is -0.524. The molecule has 0 unspecified atom stereocenters. The molecule has 1 saturated heterocycles. The minimum Gasteiger partial charge on any atom is -0.421 e. The number of benzene rings is 2. The molecule has 0 radical (unpaired) electrons. The summed E-state index contributed by atoms with van der Waals surface area (Å²) < 4.78 is 5.53. The van der Waals surface area contributed by atoms with E-state index in [1.54, 1.807) is 48.5 Å². The Kier molecular flexibility index (Phi) is 3.50. The largest absolute Gasteiger partial charge is 0.421 e. The van der Waals surface area contributed by atoms with Gasteiger partial charge in [-0.1, -0.05) is 42.5 Å². The molecule has 2 bridgehead atoms. The van der Waals surface area contributed by atoms with Gasteiger partial charge >= 0.3 is 5.97 Å². The Morgan fingerprint density at radius 3 is 2.11 bits per heavy atom. The van der Waals surface area contributed by atoms with Gasteiger partial charge in [-0.3, -0.25) is 9.59 Å². The lowest BCUT2D eigenvalue weighted by molar-refractivity contribution is -0.123. The standard InChI is InChI=1S/C22H17NO4/c24-20-18-14-10-11-15(12-14)19(18)21(25)23(20)16-8-4-5-9-17(16)27-22(26)13-6-2-1-3-7-13/h1-11,14-15,18-19H,12H2/t14-,15+,18-,19-/m0/s1. The van der Waals surface area contributed by atoms with Crippen molar-refractivity contribution in [1.29, 1.82) is 0 Å². The maximum absolute atomic E-state index is 13.0. The molecule has 2 aromatic carbocycles. The van der Waals surface area contributed by atoms with E-state index in [1.165, 1.54) is 4.90 Å². The zero-order valence-corrected chi connectivity index (χ0v) is 14.4. The number of allylic oxidation sites excluding steroid dienone is 2. The summed E-state index contributed by atoms with van der Waals surface area (Å²) in [5.41, 5.74) is 0.746. The summed E-state index contributed by atoms with van der Waals surface area (Å²) in [4.78, 5) is 39.7. The second-order valence-corrected chi connectivity index (χ2v) is 7.24. The third-order valence-corrected chi connectivity index (χ3v) is 5.79. The molecule has 0 N–H and O–H groups in total. The first-order chi connectivity index (χ1) is 13.1. The minimum absolute atomic E-state index is 0.139. The lowest BCUT2D eigenvalue weighted by Gasteiger charge is -2.20. The fourth-order valence-electron chi connectivity index (χ4n) is 4.60. The number of rotatable bonds is 3. The van der Waals surface area contributed by atoms with Gasteiger partial charge in [0.15, 0.2) is 5.75 Å². The van der Waals surface area contributed by atoms with Gasteiger partial charge < -0.3 is 4.74 Å². The number of hydrogen-bond donors (Lipinski definition) is 0. The first-order valence-electron chi connectivity index (χ1n) is 9.07. The van der Waals surface area contributed by atoms with E-state index < -0.39 is 5.97 Å². The number of anilines is 1. The van der Waals surface area contributed by atoms with Gasteiger partial charge in [0.1, 0.15) is 0 Å². The van der Waals surface area contributed by atoms with Gasteiger partial charge in [-0.05, 0) is 42.5 Å². The summed E-state index contributed by atoms with van der Waals surface area (Å²) in [7, 11) is 0. The quantitative estimate of drug-likeness (QED) is 0.365. The Labute approximate surface area is 156 Å². The van der Waals surface area contributed by atoms with Crippen LogP contribution in [0.5, 0.6) is 5.75 Å². The van der Waals surface area contributed by atoms with Crippen molar-refractivity contribution in [3.8, 4) is 5.75 Å². The van der Waals surface area contributed by atoms with Crippen molar-refractivity contribution in [3.05, 3.63) is 72.3 Å². The van der Waals surface area contributed by atoms with Crippen LogP contribution >= 0.6 is 0 Å². The molecule has 27 heavy (non-hydrogen) atoms. The number of para-hydroxylation sites is 2. The molecule has 2 amide bonds. The molecule has 5 rings (SSSR count). The fourth-order valence-corrected chi connectivity index (χ4v) is 4.60. The zero-order valence-electron chi connectivity index (χ0n) is 14.4. The molecule has 3 aliphatic rings. The van der Waals surface area contributed by atoms with Crippen LogP contribution < -0.4 is 9.64 Å². The molecular formula is C22H17NO4. The monoisotopic (exact) mass is 359 g/mol. The van der Waals surface area contributed by atoms with Crippen molar-refractivity contribution in [2.45, 2.75) is 6.42 Å². The van der Waals surface area contributed by atoms with Gasteiger partial charge in [0.25, 0.3) is 0 Å². The Bertz CT molecular complexity index is 951. The highest BCUT2D eigenvalue weighted by Crippen LogP contribution is 2.53. The second kappa shape index (κ2) is 5.91. The van der Waals surface area contributed by atoms with Gasteiger partial charge in [-0.2, -0.15) is 0 Å². The van der Waals surface area contributed by atoms with Crippen LogP contribution in [0.2, 0.25) is 0 Å². The molecule has 1 saturated carbocycles. The average molecular weight is 359 g/mol. The molecule has 1 aliphatic heterocycles. The van der Waals surface area contributed by atoms with Crippen LogP contribution in [0.1, 0.15) is 16.8 Å². The molecule has 5 heteroatoms. The van der Waals surface area contributed by atoms with Crippen molar-refractivity contribution >= 4 is 23.5 Å². The average Bonchev–Trinajstić information content (AvgIpc) is 3.37. The highest BCUT2D eigenvalue weighted by molar-refractivity contribution is 6.23. The first kappa shape index (κ1) is 16.0. The molecule has 2 aliphatic carbocycles. The van der Waals surface area contributed by atoms with Crippen LogP contribution in [0.15, 0.2) is 66.7 Å². The lowest BCUT2D eigenvalue weighted by Crippen LogP contribution is -2.33. The smallest absolute Gasteiger partial charge is 0.343 e. The molecule has 1 heterocycles. The third-order valence-electron chi connectivity index (χ3n) is 5.79. The maximum atomic E-state index is 13.0. The van der Waals surface area contributed by atoms with Crippen molar-refractivity contribution in [1.82, 2.24) is 0 Å². The molecule has 134 valence electrons. The van der Waals surface area contributed by atoms with Gasteiger partial charge in [0.05, 0.1) is 23.1 Å². The molecule has 0 spiro atoms. The van der Waals surface area contributed by atoms with E-state index in [0.29, 0.717) is 11.3 Å². The van der Waals surface area contributed by atoms with E-state index in [0.717, 1.165) is 6.42 Å². The van der Waals surface area contributed by atoms with Crippen LogP contribution in [-0.4, -0.2) is 17.8 Å². The third kappa shape index (κ3) is 2.35. The first-order valence-corrected chi connectivity index (χ1v) is 9.07. The molecule has 2 fully saturated rings. The summed E-state index contributed by atoms with van der Waals surface area (Å²) in [6, 6.07) is 15.3. The fraction of sp³-hybridized carbons (Fsp3) is 0.227. The topological polar surface area (TPSA) is 63.7 Å². The van der Waals surface area contributed by atoms with Crippen LogP contribution in [0.25, 0.3) is 0 Å². The number of esters is 1. The Hall–Kier alpha value is -3.21. The number of nitrogens with zero attached hydrogens (tertiary/aromatic N) is 1. The van der Waals surface area contributed by atoms with Crippen molar-refractivity contribution in [2.75, 3.05) is 4.90 Å². The van der Waals surface area contributed by atoms with E-state index in [4.69, 9.17) is 4.74 Å². The molecule has 2 aromatic rings. The number of imide groups is 1.